The molecule has 0 radical (unpaired) electrons. The summed E-state index contributed by atoms with van der Waals surface area (Å²) in [6.07, 6.45) is -3.33. The molecule has 1 fully saturated rings. The number of aromatic nitrogens is 1. The van der Waals surface area contributed by atoms with Crippen molar-refractivity contribution in [1.82, 2.24) is 9.88 Å². The largest absolute Gasteiger partial charge is 0.468 e. The van der Waals surface area contributed by atoms with Crippen molar-refractivity contribution in [3.05, 3.63) is 31.0 Å². The summed E-state index contributed by atoms with van der Waals surface area (Å²) >= 11 is 0. The lowest BCUT2D eigenvalue weighted by atomic mass is 9.94. The lowest BCUT2D eigenvalue weighted by Crippen LogP contribution is -2.51. The molecule has 1 saturated heterocycles. The molecule has 0 aliphatic carbocycles. The van der Waals surface area contributed by atoms with Crippen LogP contribution in [0.2, 0.25) is 0 Å². The number of hydrogen-bond acceptors (Lipinski definition) is 4. The van der Waals surface area contributed by atoms with E-state index in [9.17, 15) is 31.5 Å². The maximum absolute atomic E-state index is 13.8. The summed E-state index contributed by atoms with van der Waals surface area (Å²) in [7, 11) is 0. The van der Waals surface area contributed by atoms with Gasteiger partial charge in [0.05, 0.1) is 24.3 Å². The molecule has 1 atom stereocenters. The normalized spacial score (nSPS) is 19.3. The minimum atomic E-state index is -4.52. The third-order valence-electron chi connectivity index (χ3n) is 3.65. The quantitative estimate of drug-likeness (QED) is 0.617. The first kappa shape index (κ1) is 20.6. The van der Waals surface area contributed by atoms with Gasteiger partial charge in [0.2, 0.25) is 17.7 Å². The number of halogens is 5. The number of ether oxygens (including phenoxy) is 1. The average Bonchev–Trinajstić information content (AvgIpc) is 2.58. The fraction of sp³-hybridized carbons (Fsp3) is 0.438. The summed E-state index contributed by atoms with van der Waals surface area (Å²) in [6, 6.07) is 2.33. The summed E-state index contributed by atoms with van der Waals surface area (Å²) in [4.78, 5) is 28.3. The third kappa shape index (κ3) is 6.19. The van der Waals surface area contributed by atoms with Gasteiger partial charge < -0.3 is 15.0 Å². The molecule has 0 saturated carbocycles. The van der Waals surface area contributed by atoms with Crippen LogP contribution in [0, 0.1) is 5.92 Å². The number of carbonyl (C=O) groups is 2. The topological polar surface area (TPSA) is 71.5 Å². The number of carbonyl (C=O) groups excluding carboxylic acids is 2. The van der Waals surface area contributed by atoms with Crippen LogP contribution in [-0.4, -0.2) is 53.5 Å². The summed E-state index contributed by atoms with van der Waals surface area (Å²) in [5.41, 5.74) is 0.0924. The molecule has 11 heteroatoms. The number of nitrogens with one attached hydrogen (secondary N) is 1. The van der Waals surface area contributed by atoms with E-state index in [1.54, 1.807) is 0 Å². The zero-order valence-electron chi connectivity index (χ0n) is 13.9. The number of pyridine rings is 1. The van der Waals surface area contributed by atoms with Gasteiger partial charge in [-0.25, -0.2) is 13.8 Å². The molecule has 6 nitrogen and oxygen atoms in total. The van der Waals surface area contributed by atoms with Crippen molar-refractivity contribution in [3.8, 4) is 5.88 Å². The number of rotatable bonds is 5. The van der Waals surface area contributed by atoms with E-state index in [0.717, 1.165) is 23.2 Å². The zero-order chi connectivity index (χ0) is 20.2. The third-order valence-corrected chi connectivity index (χ3v) is 3.65. The summed E-state index contributed by atoms with van der Waals surface area (Å²) in [5.74, 6) is -6.18. The molecule has 1 unspecified atom stereocenters. The minimum absolute atomic E-state index is 0.0924. The fourth-order valence-electron chi connectivity index (χ4n) is 2.51. The molecular formula is C16H16F5N3O3. The minimum Gasteiger partial charge on any atom is -0.468 e. The molecule has 2 amide bonds. The number of piperidine rings is 1. The summed E-state index contributed by atoms with van der Waals surface area (Å²) < 4.78 is 68.2. The zero-order valence-corrected chi connectivity index (χ0v) is 13.9. The Hall–Kier alpha value is -2.72. The van der Waals surface area contributed by atoms with Crippen LogP contribution in [-0.2, 0) is 9.59 Å². The van der Waals surface area contributed by atoms with E-state index in [0.29, 0.717) is 0 Å². The van der Waals surface area contributed by atoms with Crippen molar-refractivity contribution in [2.75, 3.05) is 25.0 Å². The van der Waals surface area contributed by atoms with E-state index in [-0.39, 0.29) is 18.1 Å². The Morgan fingerprint density at radius 1 is 1.41 bits per heavy atom. The first-order valence-electron chi connectivity index (χ1n) is 7.75. The van der Waals surface area contributed by atoms with E-state index < -0.39 is 49.4 Å². The number of nitrogens with zero attached hydrogens (tertiary/aromatic N) is 2. The van der Waals surface area contributed by atoms with E-state index in [4.69, 9.17) is 0 Å². The SMILES string of the molecule is C=CC(=O)N1CC(C(=O)Nc2ccc(OCC(F)(F)F)nc2)CC(F)(F)C1. The lowest BCUT2D eigenvalue weighted by Gasteiger charge is -2.36. The van der Waals surface area contributed by atoms with Gasteiger partial charge in [0.25, 0.3) is 5.92 Å². The highest BCUT2D eigenvalue weighted by molar-refractivity contribution is 5.94. The van der Waals surface area contributed by atoms with Crippen LogP contribution in [0.15, 0.2) is 31.0 Å². The van der Waals surface area contributed by atoms with Crippen LogP contribution >= 0.6 is 0 Å². The standard InChI is InChI=1S/C16H16F5N3O3/c1-2-13(25)24-7-10(5-15(17,18)8-24)14(26)23-11-3-4-12(22-6-11)27-9-16(19,20)21/h2-4,6,10H,1,5,7-9H2,(H,23,26). The smallest absolute Gasteiger partial charge is 0.422 e. The van der Waals surface area contributed by atoms with Gasteiger partial charge in [0.15, 0.2) is 6.61 Å². The fourth-order valence-corrected chi connectivity index (χ4v) is 2.51. The molecule has 1 N–H and O–H groups in total. The van der Waals surface area contributed by atoms with Crippen molar-refractivity contribution in [3.63, 3.8) is 0 Å². The lowest BCUT2D eigenvalue weighted by molar-refractivity contribution is -0.154. The van der Waals surface area contributed by atoms with Gasteiger partial charge in [-0.2, -0.15) is 13.2 Å². The van der Waals surface area contributed by atoms with Gasteiger partial charge >= 0.3 is 6.18 Å². The van der Waals surface area contributed by atoms with E-state index in [1.807, 2.05) is 0 Å². The van der Waals surface area contributed by atoms with E-state index >= 15 is 0 Å². The molecule has 0 spiro atoms. The van der Waals surface area contributed by atoms with Crippen LogP contribution < -0.4 is 10.1 Å². The molecule has 1 aromatic rings. The number of alkyl halides is 5. The molecular weight excluding hydrogens is 377 g/mol. The molecule has 27 heavy (non-hydrogen) atoms. The van der Waals surface area contributed by atoms with Crippen molar-refractivity contribution in [2.45, 2.75) is 18.5 Å². The van der Waals surface area contributed by atoms with Crippen LogP contribution in [0.5, 0.6) is 5.88 Å². The second-order valence-electron chi connectivity index (χ2n) is 5.96. The number of likely N-dealkylation sites (tertiary alicyclic amines) is 1. The van der Waals surface area contributed by atoms with Crippen LogP contribution in [0.1, 0.15) is 6.42 Å². The average molecular weight is 393 g/mol. The monoisotopic (exact) mass is 393 g/mol. The Bertz CT molecular complexity index is 706. The Kier molecular flexibility index (Phi) is 6.01. The molecule has 2 heterocycles. The molecule has 1 aromatic heterocycles. The molecule has 148 valence electrons. The highest BCUT2D eigenvalue weighted by Gasteiger charge is 2.44. The highest BCUT2D eigenvalue weighted by Crippen LogP contribution is 2.31. The van der Waals surface area contributed by atoms with Gasteiger partial charge in [-0.05, 0) is 12.1 Å². The summed E-state index contributed by atoms with van der Waals surface area (Å²) in [5, 5.41) is 2.35. The Morgan fingerprint density at radius 3 is 2.67 bits per heavy atom. The number of anilines is 1. The maximum atomic E-state index is 13.8. The van der Waals surface area contributed by atoms with Crippen molar-refractivity contribution in [1.29, 1.82) is 0 Å². The predicted molar refractivity (Wildman–Crippen MR) is 84.2 cm³/mol. The van der Waals surface area contributed by atoms with Crippen molar-refractivity contribution in [2.24, 2.45) is 5.92 Å². The Balaban J connectivity index is 1.99. The first-order chi connectivity index (χ1) is 12.5. The second kappa shape index (κ2) is 7.89. The van der Waals surface area contributed by atoms with Crippen LogP contribution in [0.3, 0.4) is 0 Å². The van der Waals surface area contributed by atoms with Gasteiger partial charge in [0, 0.05) is 19.0 Å². The van der Waals surface area contributed by atoms with E-state index in [2.05, 4.69) is 21.6 Å². The Morgan fingerprint density at radius 2 is 2.11 bits per heavy atom. The summed E-state index contributed by atoms with van der Waals surface area (Å²) in [6.45, 7) is 0.716. The maximum Gasteiger partial charge on any atom is 0.422 e. The number of amides is 2. The van der Waals surface area contributed by atoms with Gasteiger partial charge in [0.1, 0.15) is 0 Å². The highest BCUT2D eigenvalue weighted by atomic mass is 19.4. The van der Waals surface area contributed by atoms with Crippen LogP contribution in [0.25, 0.3) is 0 Å². The van der Waals surface area contributed by atoms with Gasteiger partial charge in [-0.3, -0.25) is 9.59 Å². The van der Waals surface area contributed by atoms with Crippen LogP contribution in [0.4, 0.5) is 27.6 Å². The van der Waals surface area contributed by atoms with Crippen molar-refractivity contribution >= 4 is 17.5 Å². The van der Waals surface area contributed by atoms with Gasteiger partial charge in [-0.15, -0.1) is 0 Å². The molecule has 1 aliphatic rings. The first-order valence-corrected chi connectivity index (χ1v) is 7.75. The molecule has 0 aromatic carbocycles. The van der Waals surface area contributed by atoms with E-state index in [1.165, 1.54) is 6.07 Å². The predicted octanol–water partition coefficient (Wildman–Crippen LogP) is 2.63. The second-order valence-corrected chi connectivity index (χ2v) is 5.96. The van der Waals surface area contributed by atoms with Gasteiger partial charge in [-0.1, -0.05) is 6.58 Å². The van der Waals surface area contributed by atoms with Crippen molar-refractivity contribution < 1.29 is 36.3 Å². The Labute approximate surface area is 151 Å². The molecule has 1 aliphatic heterocycles. The number of hydrogen-bond donors (Lipinski definition) is 1. The molecule has 0 bridgehead atoms. The molecule has 2 rings (SSSR count).